The molecule has 1 atom stereocenters. The van der Waals surface area contributed by atoms with Crippen LogP contribution in [0.4, 0.5) is 0 Å². The molecule has 1 heterocycles. The van der Waals surface area contributed by atoms with Crippen molar-refractivity contribution in [1.82, 2.24) is 15.5 Å². The molecule has 1 unspecified atom stereocenters. The van der Waals surface area contributed by atoms with Crippen LogP contribution < -0.4 is 10.9 Å². The number of aromatic nitrogens is 2. The van der Waals surface area contributed by atoms with Crippen molar-refractivity contribution >= 4 is 5.91 Å². The zero-order chi connectivity index (χ0) is 12.7. The number of hydrogen-bond donors (Lipinski definition) is 3. The Morgan fingerprint density at radius 3 is 2.94 bits per heavy atom. The standard InChI is InChI=1S/C10H15N3O4/c1-17-6-7(4-5-14)11-10(16)8-2-3-9(15)13-12-8/h2-3,7,14H,4-6H2,1H3,(H,11,16)(H,13,15). The van der Waals surface area contributed by atoms with Crippen LogP contribution in [0.2, 0.25) is 0 Å². The molecule has 0 radical (unpaired) electrons. The van der Waals surface area contributed by atoms with Crippen LogP contribution in [-0.2, 0) is 4.74 Å². The molecule has 0 aliphatic rings. The van der Waals surface area contributed by atoms with Gasteiger partial charge in [0.25, 0.3) is 11.5 Å². The molecule has 0 spiro atoms. The molecule has 0 aromatic carbocycles. The van der Waals surface area contributed by atoms with Crippen LogP contribution in [0.3, 0.4) is 0 Å². The van der Waals surface area contributed by atoms with Crippen LogP contribution in [0.5, 0.6) is 0 Å². The highest BCUT2D eigenvalue weighted by atomic mass is 16.5. The molecule has 0 aliphatic carbocycles. The van der Waals surface area contributed by atoms with Crippen LogP contribution in [0.1, 0.15) is 16.9 Å². The van der Waals surface area contributed by atoms with E-state index in [-0.39, 0.29) is 23.9 Å². The van der Waals surface area contributed by atoms with Gasteiger partial charge in [0, 0.05) is 19.8 Å². The number of H-pyrrole nitrogens is 1. The zero-order valence-corrected chi connectivity index (χ0v) is 9.47. The summed E-state index contributed by atoms with van der Waals surface area (Å²) in [5, 5.41) is 17.2. The first-order chi connectivity index (χ1) is 8.17. The van der Waals surface area contributed by atoms with Crippen LogP contribution in [0, 0.1) is 0 Å². The summed E-state index contributed by atoms with van der Waals surface area (Å²) in [6, 6.07) is 2.27. The van der Waals surface area contributed by atoms with Gasteiger partial charge in [-0.25, -0.2) is 5.10 Å². The number of nitrogens with one attached hydrogen (secondary N) is 2. The first kappa shape index (κ1) is 13.3. The lowest BCUT2D eigenvalue weighted by atomic mass is 10.2. The van der Waals surface area contributed by atoms with Gasteiger partial charge < -0.3 is 15.2 Å². The molecule has 94 valence electrons. The van der Waals surface area contributed by atoms with Crippen molar-refractivity contribution in [2.45, 2.75) is 12.5 Å². The number of hydrogen-bond acceptors (Lipinski definition) is 5. The first-order valence-corrected chi connectivity index (χ1v) is 5.13. The number of aromatic amines is 1. The van der Waals surface area contributed by atoms with E-state index in [1.54, 1.807) is 0 Å². The molecule has 0 saturated heterocycles. The van der Waals surface area contributed by atoms with E-state index in [1.165, 1.54) is 19.2 Å². The van der Waals surface area contributed by atoms with Crippen molar-refractivity contribution < 1.29 is 14.6 Å². The van der Waals surface area contributed by atoms with Crippen molar-refractivity contribution in [3.05, 3.63) is 28.2 Å². The molecule has 0 fully saturated rings. The van der Waals surface area contributed by atoms with Gasteiger partial charge in [0.2, 0.25) is 0 Å². The van der Waals surface area contributed by atoms with Gasteiger partial charge in [-0.05, 0) is 12.5 Å². The monoisotopic (exact) mass is 241 g/mol. The number of carbonyl (C=O) groups is 1. The lowest BCUT2D eigenvalue weighted by molar-refractivity contribution is 0.0872. The maximum Gasteiger partial charge on any atom is 0.272 e. The predicted octanol–water partition coefficient (Wildman–Crippen LogP) is -1.10. The van der Waals surface area contributed by atoms with E-state index >= 15 is 0 Å². The van der Waals surface area contributed by atoms with E-state index in [4.69, 9.17) is 9.84 Å². The number of methoxy groups -OCH3 is 1. The van der Waals surface area contributed by atoms with Gasteiger partial charge in [-0.1, -0.05) is 0 Å². The molecule has 1 rings (SSSR count). The maximum atomic E-state index is 11.7. The van der Waals surface area contributed by atoms with E-state index in [1.807, 2.05) is 0 Å². The second-order valence-corrected chi connectivity index (χ2v) is 3.44. The SMILES string of the molecule is COCC(CCO)NC(=O)c1ccc(=O)[nH]n1. The molecule has 0 bridgehead atoms. The lowest BCUT2D eigenvalue weighted by Crippen LogP contribution is -2.39. The predicted molar refractivity (Wildman–Crippen MR) is 59.7 cm³/mol. The highest BCUT2D eigenvalue weighted by molar-refractivity contribution is 5.92. The van der Waals surface area contributed by atoms with E-state index in [0.717, 1.165) is 0 Å². The van der Waals surface area contributed by atoms with Crippen LogP contribution in [0.15, 0.2) is 16.9 Å². The summed E-state index contributed by atoms with van der Waals surface area (Å²) in [6.45, 7) is 0.253. The van der Waals surface area contributed by atoms with E-state index in [2.05, 4.69) is 15.5 Å². The Balaban J connectivity index is 2.63. The van der Waals surface area contributed by atoms with Crippen molar-refractivity contribution in [3.8, 4) is 0 Å². The summed E-state index contributed by atoms with van der Waals surface area (Å²) in [5.41, 5.74) is -0.256. The smallest absolute Gasteiger partial charge is 0.272 e. The summed E-state index contributed by atoms with van der Waals surface area (Å²) in [5.74, 6) is -0.420. The summed E-state index contributed by atoms with van der Waals surface area (Å²) in [7, 11) is 1.51. The minimum atomic E-state index is -0.420. The molecule has 0 aliphatic heterocycles. The maximum absolute atomic E-state index is 11.7. The Morgan fingerprint density at radius 2 is 2.41 bits per heavy atom. The van der Waals surface area contributed by atoms with Gasteiger partial charge in [-0.2, -0.15) is 5.10 Å². The van der Waals surface area contributed by atoms with Gasteiger partial charge in [0.15, 0.2) is 0 Å². The van der Waals surface area contributed by atoms with Crippen LogP contribution in [-0.4, -0.2) is 47.6 Å². The Bertz CT molecular complexity index is 392. The molecule has 7 heteroatoms. The number of amides is 1. The number of rotatable bonds is 6. The third-order valence-corrected chi connectivity index (χ3v) is 2.09. The van der Waals surface area contributed by atoms with Crippen molar-refractivity contribution in [1.29, 1.82) is 0 Å². The first-order valence-electron chi connectivity index (χ1n) is 5.13. The molecular weight excluding hydrogens is 226 g/mol. The van der Waals surface area contributed by atoms with Crippen molar-refractivity contribution in [2.75, 3.05) is 20.3 Å². The fourth-order valence-electron chi connectivity index (χ4n) is 1.28. The second kappa shape index (κ2) is 6.77. The molecular formula is C10H15N3O4. The normalized spacial score (nSPS) is 12.1. The third kappa shape index (κ3) is 4.33. The van der Waals surface area contributed by atoms with Crippen LogP contribution in [0.25, 0.3) is 0 Å². The van der Waals surface area contributed by atoms with Gasteiger partial charge in [-0.3, -0.25) is 9.59 Å². The summed E-state index contributed by atoms with van der Waals surface area (Å²) in [6.07, 6.45) is 0.392. The fourth-order valence-corrected chi connectivity index (χ4v) is 1.28. The Morgan fingerprint density at radius 1 is 1.65 bits per heavy atom. The van der Waals surface area contributed by atoms with Crippen molar-refractivity contribution in [2.24, 2.45) is 0 Å². The number of aliphatic hydroxyl groups excluding tert-OH is 1. The average Bonchev–Trinajstić information content (AvgIpc) is 2.30. The molecule has 7 nitrogen and oxygen atoms in total. The number of nitrogens with zero attached hydrogens (tertiary/aromatic N) is 1. The topological polar surface area (TPSA) is 104 Å². The summed E-state index contributed by atoms with van der Waals surface area (Å²) < 4.78 is 4.91. The molecule has 1 aromatic heterocycles. The molecule has 1 aromatic rings. The highest BCUT2D eigenvalue weighted by Gasteiger charge is 2.14. The highest BCUT2D eigenvalue weighted by Crippen LogP contribution is 1.95. The van der Waals surface area contributed by atoms with E-state index < -0.39 is 5.91 Å². The van der Waals surface area contributed by atoms with Gasteiger partial charge in [-0.15, -0.1) is 0 Å². The average molecular weight is 241 g/mol. The Hall–Kier alpha value is -1.73. The largest absolute Gasteiger partial charge is 0.396 e. The third-order valence-electron chi connectivity index (χ3n) is 2.09. The minimum absolute atomic E-state index is 0.0483. The summed E-state index contributed by atoms with van der Waals surface area (Å²) >= 11 is 0. The zero-order valence-electron chi connectivity index (χ0n) is 9.47. The Kier molecular flexibility index (Phi) is 5.31. The Labute approximate surface area is 97.8 Å². The molecule has 17 heavy (non-hydrogen) atoms. The number of carbonyl (C=O) groups excluding carboxylic acids is 1. The number of ether oxygens (including phenoxy) is 1. The number of aliphatic hydroxyl groups is 1. The van der Waals surface area contributed by atoms with E-state index in [9.17, 15) is 9.59 Å². The molecule has 1 amide bonds. The van der Waals surface area contributed by atoms with E-state index in [0.29, 0.717) is 13.0 Å². The quantitative estimate of drug-likeness (QED) is 0.586. The molecule has 0 saturated carbocycles. The fraction of sp³-hybridized carbons (Fsp3) is 0.500. The molecule has 3 N–H and O–H groups in total. The van der Waals surface area contributed by atoms with Crippen molar-refractivity contribution in [3.63, 3.8) is 0 Å². The lowest BCUT2D eigenvalue weighted by Gasteiger charge is -2.16. The summed E-state index contributed by atoms with van der Waals surface area (Å²) in [4.78, 5) is 22.5. The van der Waals surface area contributed by atoms with Gasteiger partial charge in [0.05, 0.1) is 12.6 Å². The van der Waals surface area contributed by atoms with Crippen LogP contribution >= 0.6 is 0 Å². The minimum Gasteiger partial charge on any atom is -0.396 e. The van der Waals surface area contributed by atoms with Gasteiger partial charge in [0.1, 0.15) is 5.69 Å². The van der Waals surface area contributed by atoms with Gasteiger partial charge >= 0.3 is 0 Å². The second-order valence-electron chi connectivity index (χ2n) is 3.44.